The van der Waals surface area contributed by atoms with Crippen LogP contribution in [0.3, 0.4) is 0 Å². The second-order valence-corrected chi connectivity index (χ2v) is 5.28. The van der Waals surface area contributed by atoms with E-state index in [1.807, 2.05) is 31.2 Å². The summed E-state index contributed by atoms with van der Waals surface area (Å²) in [4.78, 5) is 11.8. The Morgan fingerprint density at radius 1 is 1.18 bits per heavy atom. The molecule has 1 N–H and O–H groups in total. The van der Waals surface area contributed by atoms with Crippen molar-refractivity contribution >= 4 is 11.6 Å². The average molecular weight is 301 g/mol. The fourth-order valence-electron chi connectivity index (χ4n) is 2.02. The Labute approximate surface area is 130 Å². The Balaban J connectivity index is 1.72. The van der Waals surface area contributed by atoms with E-state index in [0.29, 0.717) is 30.7 Å². The molecule has 0 bridgehead atoms. The first kappa shape index (κ1) is 16.0. The predicted molar refractivity (Wildman–Crippen MR) is 85.7 cm³/mol. The fraction of sp³-hybridized carbons (Fsp3) is 0.278. The van der Waals surface area contributed by atoms with Crippen LogP contribution in [0, 0.1) is 19.7 Å². The Kier molecular flexibility index (Phi) is 5.53. The molecule has 116 valence electrons. The van der Waals surface area contributed by atoms with E-state index in [-0.39, 0.29) is 11.7 Å². The monoisotopic (exact) mass is 301 g/mol. The number of anilines is 1. The van der Waals surface area contributed by atoms with Crippen LogP contribution in [-0.2, 0) is 4.79 Å². The quantitative estimate of drug-likeness (QED) is 0.810. The smallest absolute Gasteiger partial charge is 0.224 e. The number of benzene rings is 2. The first-order valence-corrected chi connectivity index (χ1v) is 7.30. The zero-order valence-electron chi connectivity index (χ0n) is 12.9. The van der Waals surface area contributed by atoms with Gasteiger partial charge in [-0.3, -0.25) is 4.79 Å². The molecule has 0 unspecified atom stereocenters. The number of carbonyl (C=O) groups is 1. The largest absolute Gasteiger partial charge is 0.494 e. The van der Waals surface area contributed by atoms with Gasteiger partial charge in [0.1, 0.15) is 11.6 Å². The van der Waals surface area contributed by atoms with Crippen LogP contribution < -0.4 is 10.1 Å². The molecule has 0 aromatic heterocycles. The van der Waals surface area contributed by atoms with Gasteiger partial charge >= 0.3 is 0 Å². The van der Waals surface area contributed by atoms with Crippen LogP contribution in [0.5, 0.6) is 5.75 Å². The lowest BCUT2D eigenvalue weighted by Crippen LogP contribution is -2.13. The third-order valence-corrected chi connectivity index (χ3v) is 3.26. The van der Waals surface area contributed by atoms with Gasteiger partial charge in [0.05, 0.1) is 6.61 Å². The zero-order chi connectivity index (χ0) is 15.9. The number of hydrogen-bond donors (Lipinski definition) is 1. The highest BCUT2D eigenvalue weighted by Crippen LogP contribution is 2.15. The Hall–Kier alpha value is -2.36. The van der Waals surface area contributed by atoms with Crippen LogP contribution in [0.2, 0.25) is 0 Å². The molecule has 2 aromatic carbocycles. The second-order valence-electron chi connectivity index (χ2n) is 5.28. The summed E-state index contributed by atoms with van der Waals surface area (Å²) in [6.07, 6.45) is 0.940. The Morgan fingerprint density at radius 2 is 2.00 bits per heavy atom. The van der Waals surface area contributed by atoms with Crippen LogP contribution in [0.4, 0.5) is 10.1 Å². The van der Waals surface area contributed by atoms with Gasteiger partial charge < -0.3 is 10.1 Å². The first-order chi connectivity index (χ1) is 10.5. The minimum absolute atomic E-state index is 0.143. The van der Waals surface area contributed by atoms with E-state index in [1.54, 1.807) is 19.1 Å². The molecule has 2 rings (SSSR count). The molecule has 0 heterocycles. The van der Waals surface area contributed by atoms with Crippen molar-refractivity contribution in [2.24, 2.45) is 0 Å². The van der Waals surface area contributed by atoms with Gasteiger partial charge in [-0.25, -0.2) is 4.39 Å². The van der Waals surface area contributed by atoms with Gasteiger partial charge in [-0.05, 0) is 55.7 Å². The number of nitrogens with one attached hydrogen (secondary N) is 1. The minimum atomic E-state index is -0.319. The summed E-state index contributed by atoms with van der Waals surface area (Å²) < 4.78 is 19.0. The lowest BCUT2D eigenvalue weighted by Gasteiger charge is -2.08. The third-order valence-electron chi connectivity index (χ3n) is 3.26. The molecular weight excluding hydrogens is 281 g/mol. The summed E-state index contributed by atoms with van der Waals surface area (Å²) >= 11 is 0. The molecule has 0 saturated heterocycles. The molecule has 0 atom stereocenters. The number of carbonyl (C=O) groups excluding carboxylic acids is 1. The number of halogens is 1. The molecule has 0 aliphatic rings. The minimum Gasteiger partial charge on any atom is -0.494 e. The maximum Gasteiger partial charge on any atom is 0.224 e. The van der Waals surface area contributed by atoms with Crippen molar-refractivity contribution in [1.82, 2.24) is 0 Å². The highest BCUT2D eigenvalue weighted by atomic mass is 19.1. The highest BCUT2D eigenvalue weighted by Gasteiger charge is 2.05. The van der Waals surface area contributed by atoms with Gasteiger partial charge in [-0.1, -0.05) is 18.2 Å². The maximum atomic E-state index is 13.4. The van der Waals surface area contributed by atoms with Crippen LogP contribution in [0.15, 0.2) is 42.5 Å². The first-order valence-electron chi connectivity index (χ1n) is 7.30. The van der Waals surface area contributed by atoms with Crippen molar-refractivity contribution in [1.29, 1.82) is 0 Å². The number of amides is 1. The molecule has 4 heteroatoms. The SMILES string of the molecule is Cc1cccc(OCCCC(=O)Nc2ccc(C)c(F)c2)c1. The van der Waals surface area contributed by atoms with Gasteiger partial charge in [0.25, 0.3) is 0 Å². The van der Waals surface area contributed by atoms with E-state index < -0.39 is 0 Å². The van der Waals surface area contributed by atoms with Crippen LogP contribution in [0.1, 0.15) is 24.0 Å². The predicted octanol–water partition coefficient (Wildman–Crippen LogP) is 4.24. The summed E-state index contributed by atoms with van der Waals surface area (Å²) in [5.74, 6) is 0.345. The standard InChI is InChI=1S/C18H20FNO2/c1-13-5-3-6-16(11-13)22-10-4-7-18(21)20-15-9-8-14(2)17(19)12-15/h3,5-6,8-9,11-12H,4,7,10H2,1-2H3,(H,20,21). The van der Waals surface area contributed by atoms with Gasteiger partial charge in [0.2, 0.25) is 5.91 Å². The van der Waals surface area contributed by atoms with E-state index >= 15 is 0 Å². The Morgan fingerprint density at radius 3 is 2.73 bits per heavy atom. The summed E-state index contributed by atoms with van der Waals surface area (Å²) in [5, 5.41) is 2.68. The number of hydrogen-bond acceptors (Lipinski definition) is 2. The highest BCUT2D eigenvalue weighted by molar-refractivity contribution is 5.90. The molecule has 0 aliphatic carbocycles. The lowest BCUT2D eigenvalue weighted by molar-refractivity contribution is -0.116. The van der Waals surface area contributed by atoms with E-state index in [1.165, 1.54) is 6.07 Å². The van der Waals surface area contributed by atoms with Gasteiger partial charge in [-0.2, -0.15) is 0 Å². The van der Waals surface area contributed by atoms with E-state index in [4.69, 9.17) is 4.74 Å². The van der Waals surface area contributed by atoms with E-state index in [9.17, 15) is 9.18 Å². The van der Waals surface area contributed by atoms with Crippen molar-refractivity contribution in [3.05, 3.63) is 59.4 Å². The Bertz CT molecular complexity index is 655. The van der Waals surface area contributed by atoms with Crippen molar-refractivity contribution in [2.45, 2.75) is 26.7 Å². The van der Waals surface area contributed by atoms with Gasteiger partial charge in [0, 0.05) is 12.1 Å². The normalized spacial score (nSPS) is 10.3. The topological polar surface area (TPSA) is 38.3 Å². The van der Waals surface area contributed by atoms with E-state index in [0.717, 1.165) is 11.3 Å². The molecule has 22 heavy (non-hydrogen) atoms. The van der Waals surface area contributed by atoms with Crippen LogP contribution >= 0.6 is 0 Å². The zero-order valence-corrected chi connectivity index (χ0v) is 12.9. The maximum absolute atomic E-state index is 13.4. The van der Waals surface area contributed by atoms with Crippen molar-refractivity contribution in [3.8, 4) is 5.75 Å². The molecule has 2 aromatic rings. The molecule has 0 spiro atoms. The third kappa shape index (κ3) is 4.88. The molecule has 1 amide bonds. The summed E-state index contributed by atoms with van der Waals surface area (Å²) in [6, 6.07) is 12.4. The average Bonchev–Trinajstić information content (AvgIpc) is 2.48. The molecule has 0 aliphatic heterocycles. The fourth-order valence-corrected chi connectivity index (χ4v) is 2.02. The number of ether oxygens (including phenoxy) is 1. The number of aryl methyl sites for hydroxylation is 2. The van der Waals surface area contributed by atoms with Crippen LogP contribution in [0.25, 0.3) is 0 Å². The molecule has 3 nitrogen and oxygen atoms in total. The van der Waals surface area contributed by atoms with Gasteiger partial charge in [0.15, 0.2) is 0 Å². The van der Waals surface area contributed by atoms with Crippen molar-refractivity contribution < 1.29 is 13.9 Å². The lowest BCUT2D eigenvalue weighted by atomic mass is 10.2. The molecular formula is C18H20FNO2. The summed E-state index contributed by atoms with van der Waals surface area (Å²) in [7, 11) is 0. The van der Waals surface area contributed by atoms with Crippen LogP contribution in [-0.4, -0.2) is 12.5 Å². The molecule has 0 fully saturated rings. The van der Waals surface area contributed by atoms with Crippen molar-refractivity contribution in [2.75, 3.05) is 11.9 Å². The second kappa shape index (κ2) is 7.59. The molecule has 0 radical (unpaired) electrons. The molecule has 0 saturated carbocycles. The van der Waals surface area contributed by atoms with Crippen molar-refractivity contribution in [3.63, 3.8) is 0 Å². The summed E-state index contributed by atoms with van der Waals surface area (Å²) in [5.41, 5.74) is 2.17. The summed E-state index contributed by atoms with van der Waals surface area (Å²) in [6.45, 7) is 4.16. The van der Waals surface area contributed by atoms with E-state index in [2.05, 4.69) is 5.32 Å². The van der Waals surface area contributed by atoms with Gasteiger partial charge in [-0.15, -0.1) is 0 Å². The number of rotatable bonds is 6.